The molecule has 1 rings (SSSR count). The number of rotatable bonds is 5. The average Bonchev–Trinajstić information content (AvgIpc) is 2.76. The number of anilines is 1. The largest absolute Gasteiger partial charge is 0.445 e. The SMILES string of the molecule is CC(C)C(CCO)NC(=O)Nc1nnc(C(F)(F)F)s1. The highest BCUT2D eigenvalue weighted by molar-refractivity contribution is 7.15. The molecule has 1 unspecified atom stereocenters. The maximum absolute atomic E-state index is 12.3. The van der Waals surface area contributed by atoms with Gasteiger partial charge in [0.05, 0.1) is 0 Å². The Balaban J connectivity index is 2.60. The van der Waals surface area contributed by atoms with E-state index in [0.29, 0.717) is 6.42 Å². The predicted octanol–water partition coefficient (Wildman–Crippen LogP) is 2.09. The lowest BCUT2D eigenvalue weighted by atomic mass is 10.0. The molecule has 0 saturated heterocycles. The van der Waals surface area contributed by atoms with Gasteiger partial charge in [0, 0.05) is 12.6 Å². The fourth-order valence-corrected chi connectivity index (χ4v) is 2.01. The number of alkyl halides is 3. The standard InChI is InChI=1S/C10H15F3N4O2S/c1-5(2)6(3-4-18)14-8(19)15-9-17-16-7(20-9)10(11,12)13/h5-6,18H,3-4H2,1-2H3,(H2,14,15,17,19). The van der Waals surface area contributed by atoms with E-state index in [4.69, 9.17) is 5.11 Å². The number of hydrogen-bond acceptors (Lipinski definition) is 5. The van der Waals surface area contributed by atoms with E-state index in [0.717, 1.165) is 0 Å². The Kier molecular flexibility index (Phi) is 5.69. The van der Waals surface area contributed by atoms with Crippen LogP contribution in [0, 0.1) is 5.92 Å². The van der Waals surface area contributed by atoms with Gasteiger partial charge in [-0.25, -0.2) is 4.79 Å². The molecule has 0 aromatic carbocycles. The lowest BCUT2D eigenvalue weighted by molar-refractivity contribution is -0.138. The summed E-state index contributed by atoms with van der Waals surface area (Å²) in [6.45, 7) is 3.61. The lowest BCUT2D eigenvalue weighted by Crippen LogP contribution is -2.41. The molecule has 1 aromatic heterocycles. The molecule has 0 aliphatic rings. The van der Waals surface area contributed by atoms with Gasteiger partial charge >= 0.3 is 12.2 Å². The number of hydrogen-bond donors (Lipinski definition) is 3. The van der Waals surface area contributed by atoms with E-state index in [1.54, 1.807) is 0 Å². The highest BCUT2D eigenvalue weighted by atomic mass is 32.1. The smallest absolute Gasteiger partial charge is 0.396 e. The summed E-state index contributed by atoms with van der Waals surface area (Å²) < 4.78 is 36.9. The number of aliphatic hydroxyl groups is 1. The van der Waals surface area contributed by atoms with Gasteiger partial charge in [-0.3, -0.25) is 5.32 Å². The van der Waals surface area contributed by atoms with Crippen LogP contribution in [0.25, 0.3) is 0 Å². The Labute approximate surface area is 117 Å². The Morgan fingerprint density at radius 3 is 2.50 bits per heavy atom. The number of aliphatic hydroxyl groups excluding tert-OH is 1. The molecule has 0 aliphatic carbocycles. The van der Waals surface area contributed by atoms with Crippen LogP contribution < -0.4 is 10.6 Å². The molecule has 114 valence electrons. The first kappa shape index (κ1) is 16.6. The molecule has 3 N–H and O–H groups in total. The Bertz CT molecular complexity index is 450. The molecule has 0 radical (unpaired) electrons. The highest BCUT2D eigenvalue weighted by Crippen LogP contribution is 2.32. The zero-order valence-corrected chi connectivity index (χ0v) is 11.7. The molecular weight excluding hydrogens is 297 g/mol. The van der Waals surface area contributed by atoms with Crippen molar-refractivity contribution in [3.8, 4) is 0 Å². The second-order valence-electron chi connectivity index (χ2n) is 4.37. The summed E-state index contributed by atoms with van der Waals surface area (Å²) in [5.41, 5.74) is 0. The van der Waals surface area contributed by atoms with E-state index in [9.17, 15) is 18.0 Å². The first-order chi connectivity index (χ1) is 9.24. The zero-order chi connectivity index (χ0) is 15.3. The number of aromatic nitrogens is 2. The summed E-state index contributed by atoms with van der Waals surface area (Å²) in [5.74, 6) is 0.0769. The van der Waals surface area contributed by atoms with Crippen molar-refractivity contribution < 1.29 is 23.1 Å². The number of nitrogens with one attached hydrogen (secondary N) is 2. The second kappa shape index (κ2) is 6.84. The average molecular weight is 312 g/mol. The number of urea groups is 1. The summed E-state index contributed by atoms with van der Waals surface area (Å²) in [4.78, 5) is 11.6. The number of amides is 2. The molecule has 20 heavy (non-hydrogen) atoms. The van der Waals surface area contributed by atoms with Crippen molar-refractivity contribution >= 4 is 22.5 Å². The molecular formula is C10H15F3N4O2S. The lowest BCUT2D eigenvalue weighted by Gasteiger charge is -2.21. The van der Waals surface area contributed by atoms with Crippen molar-refractivity contribution in [3.05, 3.63) is 5.01 Å². The Morgan fingerprint density at radius 2 is 2.05 bits per heavy atom. The minimum Gasteiger partial charge on any atom is -0.396 e. The Morgan fingerprint density at radius 1 is 1.40 bits per heavy atom. The van der Waals surface area contributed by atoms with Crippen LogP contribution in [0.1, 0.15) is 25.3 Å². The van der Waals surface area contributed by atoms with Gasteiger partial charge in [0.2, 0.25) is 10.1 Å². The minimum atomic E-state index is -4.58. The molecule has 0 spiro atoms. The van der Waals surface area contributed by atoms with E-state index in [1.807, 2.05) is 13.8 Å². The van der Waals surface area contributed by atoms with Crippen molar-refractivity contribution in [2.24, 2.45) is 5.92 Å². The summed E-state index contributed by atoms with van der Waals surface area (Å²) in [7, 11) is 0. The number of carbonyl (C=O) groups is 1. The van der Waals surface area contributed by atoms with Gasteiger partial charge < -0.3 is 10.4 Å². The van der Waals surface area contributed by atoms with Gasteiger partial charge in [-0.15, -0.1) is 10.2 Å². The summed E-state index contributed by atoms with van der Waals surface area (Å²) in [6, 6.07) is -0.961. The van der Waals surface area contributed by atoms with Crippen molar-refractivity contribution in [2.75, 3.05) is 11.9 Å². The quantitative estimate of drug-likeness (QED) is 0.777. The zero-order valence-electron chi connectivity index (χ0n) is 10.9. The van der Waals surface area contributed by atoms with Crippen molar-refractivity contribution in [3.63, 3.8) is 0 Å². The third-order valence-corrected chi connectivity index (χ3v) is 3.33. The third-order valence-electron chi connectivity index (χ3n) is 2.45. The van der Waals surface area contributed by atoms with Gasteiger partial charge in [0.25, 0.3) is 0 Å². The van der Waals surface area contributed by atoms with Crippen LogP contribution in [0.4, 0.5) is 23.1 Å². The van der Waals surface area contributed by atoms with Gasteiger partial charge in [-0.2, -0.15) is 13.2 Å². The van der Waals surface area contributed by atoms with Crippen LogP contribution in [0.15, 0.2) is 0 Å². The molecule has 0 fully saturated rings. The van der Waals surface area contributed by atoms with Crippen LogP contribution in [0.5, 0.6) is 0 Å². The normalized spacial score (nSPS) is 13.3. The van der Waals surface area contributed by atoms with Gasteiger partial charge in [0.15, 0.2) is 0 Å². The third kappa shape index (κ3) is 4.93. The van der Waals surface area contributed by atoms with E-state index < -0.39 is 17.2 Å². The molecule has 0 aliphatic heterocycles. The van der Waals surface area contributed by atoms with E-state index in [2.05, 4.69) is 20.8 Å². The molecule has 10 heteroatoms. The van der Waals surface area contributed by atoms with E-state index >= 15 is 0 Å². The summed E-state index contributed by atoms with van der Waals surface area (Å²) in [6.07, 6.45) is -4.22. The van der Waals surface area contributed by atoms with Crippen molar-refractivity contribution in [1.29, 1.82) is 0 Å². The first-order valence-corrected chi connectivity index (χ1v) is 6.64. The van der Waals surface area contributed by atoms with Crippen LogP contribution in [0.2, 0.25) is 0 Å². The number of halogens is 3. The summed E-state index contributed by atoms with van der Waals surface area (Å²) in [5, 5.41) is 18.5. The fraction of sp³-hybridized carbons (Fsp3) is 0.700. The molecule has 1 heterocycles. The van der Waals surface area contributed by atoms with Gasteiger partial charge in [-0.05, 0) is 12.3 Å². The molecule has 6 nitrogen and oxygen atoms in total. The van der Waals surface area contributed by atoms with Gasteiger partial charge in [-0.1, -0.05) is 25.2 Å². The second-order valence-corrected chi connectivity index (χ2v) is 5.35. The molecule has 1 atom stereocenters. The molecule has 2 amide bonds. The fourth-order valence-electron chi connectivity index (χ4n) is 1.40. The minimum absolute atomic E-state index is 0.0769. The van der Waals surface area contributed by atoms with Crippen LogP contribution in [0.3, 0.4) is 0 Å². The van der Waals surface area contributed by atoms with Crippen molar-refractivity contribution in [1.82, 2.24) is 15.5 Å². The topological polar surface area (TPSA) is 87.1 Å². The number of carbonyl (C=O) groups excluding carboxylic acids is 1. The van der Waals surface area contributed by atoms with E-state index in [1.165, 1.54) is 0 Å². The molecule has 1 aromatic rings. The van der Waals surface area contributed by atoms with Crippen LogP contribution in [-0.2, 0) is 6.18 Å². The monoisotopic (exact) mass is 312 g/mol. The van der Waals surface area contributed by atoms with Crippen LogP contribution >= 0.6 is 11.3 Å². The van der Waals surface area contributed by atoms with E-state index in [-0.39, 0.29) is 35.0 Å². The Hall–Kier alpha value is -1.42. The number of nitrogens with zero attached hydrogens (tertiary/aromatic N) is 2. The maximum Gasteiger partial charge on any atom is 0.445 e. The first-order valence-electron chi connectivity index (χ1n) is 5.83. The molecule has 0 saturated carbocycles. The molecule has 0 bridgehead atoms. The maximum atomic E-state index is 12.3. The van der Waals surface area contributed by atoms with Crippen LogP contribution in [-0.4, -0.2) is 34.0 Å². The predicted molar refractivity (Wildman–Crippen MR) is 67.4 cm³/mol. The summed E-state index contributed by atoms with van der Waals surface area (Å²) >= 11 is 0.248. The van der Waals surface area contributed by atoms with Gasteiger partial charge in [0.1, 0.15) is 0 Å². The van der Waals surface area contributed by atoms with Crippen molar-refractivity contribution in [2.45, 2.75) is 32.5 Å². The highest BCUT2D eigenvalue weighted by Gasteiger charge is 2.35.